The van der Waals surface area contributed by atoms with Crippen LogP contribution in [0.2, 0.25) is 0 Å². The Hall–Kier alpha value is -4.48. The van der Waals surface area contributed by atoms with Crippen molar-refractivity contribution >= 4 is 29.1 Å². The summed E-state index contributed by atoms with van der Waals surface area (Å²) in [6, 6.07) is 15.8. The van der Waals surface area contributed by atoms with E-state index in [-0.39, 0.29) is 11.3 Å². The summed E-state index contributed by atoms with van der Waals surface area (Å²) in [5, 5.41) is 8.78. The van der Waals surface area contributed by atoms with Crippen LogP contribution in [0.4, 0.5) is 18.9 Å². The molecule has 198 valence electrons. The number of nitrogens with one attached hydrogen (secondary N) is 2. The first-order chi connectivity index (χ1) is 18.0. The van der Waals surface area contributed by atoms with Gasteiger partial charge < -0.3 is 20.9 Å². The van der Waals surface area contributed by atoms with E-state index < -0.39 is 54.7 Å². The van der Waals surface area contributed by atoms with Crippen LogP contribution in [0.3, 0.4) is 0 Å². The minimum absolute atomic E-state index is 0.0889. The summed E-state index contributed by atoms with van der Waals surface area (Å²) < 4.78 is 44.3. The molecule has 3 atom stereocenters. The van der Waals surface area contributed by atoms with Gasteiger partial charge in [-0.15, -0.1) is 0 Å². The molecule has 3 aromatic rings. The molecule has 38 heavy (non-hydrogen) atoms. The normalized spacial score (nSPS) is 16.9. The number of amides is 3. The third-order valence-corrected chi connectivity index (χ3v) is 6.18. The minimum atomic E-state index is -4.61. The van der Waals surface area contributed by atoms with Gasteiger partial charge in [-0.2, -0.15) is 13.2 Å². The highest BCUT2D eigenvalue weighted by Crippen LogP contribution is 2.34. The predicted molar refractivity (Wildman–Crippen MR) is 131 cm³/mol. The van der Waals surface area contributed by atoms with Gasteiger partial charge in [-0.05, 0) is 19.4 Å². The van der Waals surface area contributed by atoms with Gasteiger partial charge in [0.15, 0.2) is 0 Å². The molecule has 0 saturated heterocycles. The zero-order valence-electron chi connectivity index (χ0n) is 20.2. The lowest BCUT2D eigenvalue weighted by Crippen LogP contribution is -2.47. The summed E-state index contributed by atoms with van der Waals surface area (Å²) >= 11 is 0. The second-order valence-corrected chi connectivity index (χ2v) is 8.79. The molecule has 0 bridgehead atoms. The van der Waals surface area contributed by atoms with Crippen LogP contribution in [0.15, 0.2) is 70.4 Å². The van der Waals surface area contributed by atoms with Crippen molar-refractivity contribution in [2.75, 3.05) is 5.32 Å². The van der Waals surface area contributed by atoms with Crippen molar-refractivity contribution < 1.29 is 32.1 Å². The Kier molecular flexibility index (Phi) is 7.60. The van der Waals surface area contributed by atoms with E-state index in [1.54, 1.807) is 54.6 Å². The summed E-state index contributed by atoms with van der Waals surface area (Å²) in [4.78, 5) is 43.4. The number of para-hydroxylation sites is 1. The van der Waals surface area contributed by atoms with E-state index in [4.69, 9.17) is 10.3 Å². The van der Waals surface area contributed by atoms with Gasteiger partial charge in [-0.25, -0.2) is 4.99 Å². The number of hydrogen-bond donors (Lipinski definition) is 3. The van der Waals surface area contributed by atoms with Crippen LogP contribution in [0, 0.1) is 12.8 Å². The highest BCUT2D eigenvalue weighted by atomic mass is 19.4. The minimum Gasteiger partial charge on any atom is -0.369 e. The number of fused-ring (bicyclic) bond motifs is 1. The number of halogens is 3. The Morgan fingerprint density at radius 2 is 1.82 bits per heavy atom. The molecule has 1 aromatic heterocycles. The first kappa shape index (κ1) is 26.6. The number of nitrogens with two attached hydrogens (primary N) is 1. The molecule has 0 spiro atoms. The standard InChI is InChI=1S/C26H24F3N5O4/c1-14-18(13-38-34-14)20(22(30)35)17(11-12-26(27,28)29)24(36)33-23-25(37)31-19-10-6-5-9-16(19)21(32-23)15-7-3-2-4-8-15/h2-10,13,17,20,23H,11-12H2,1H3,(H2,30,35)(H,31,37)(H,33,36)/t17-,20-,23?/m1/s1. The number of aliphatic imine (C=N–C) groups is 1. The summed E-state index contributed by atoms with van der Waals surface area (Å²) in [7, 11) is 0. The third-order valence-electron chi connectivity index (χ3n) is 6.18. The van der Waals surface area contributed by atoms with Gasteiger partial charge >= 0.3 is 6.18 Å². The van der Waals surface area contributed by atoms with Crippen LogP contribution in [0.1, 0.15) is 41.1 Å². The average Bonchev–Trinajstić information content (AvgIpc) is 3.23. The molecule has 12 heteroatoms. The van der Waals surface area contributed by atoms with E-state index >= 15 is 0 Å². The van der Waals surface area contributed by atoms with Crippen molar-refractivity contribution in [3.63, 3.8) is 0 Å². The predicted octanol–water partition coefficient (Wildman–Crippen LogP) is 3.44. The second kappa shape index (κ2) is 10.9. The van der Waals surface area contributed by atoms with Crippen molar-refractivity contribution in [2.24, 2.45) is 16.6 Å². The molecule has 1 aliphatic heterocycles. The number of aromatic nitrogens is 1. The van der Waals surface area contributed by atoms with Gasteiger partial charge in [0.05, 0.1) is 28.9 Å². The van der Waals surface area contributed by atoms with Crippen LogP contribution in [0.5, 0.6) is 0 Å². The maximum absolute atomic E-state index is 13.5. The van der Waals surface area contributed by atoms with Gasteiger partial charge in [-0.3, -0.25) is 14.4 Å². The maximum atomic E-state index is 13.5. The molecule has 3 amide bonds. The topological polar surface area (TPSA) is 140 Å². The Labute approximate surface area is 215 Å². The molecule has 4 rings (SSSR count). The number of carbonyl (C=O) groups is 3. The van der Waals surface area contributed by atoms with Gasteiger partial charge in [-0.1, -0.05) is 53.7 Å². The highest BCUT2D eigenvalue weighted by Gasteiger charge is 2.40. The Morgan fingerprint density at radius 3 is 2.45 bits per heavy atom. The number of primary amides is 1. The number of aryl methyl sites for hydroxylation is 1. The molecule has 0 radical (unpaired) electrons. The summed E-state index contributed by atoms with van der Waals surface area (Å²) in [6.07, 6.45) is -7.17. The zero-order chi connectivity index (χ0) is 27.4. The fourth-order valence-electron chi connectivity index (χ4n) is 4.36. The van der Waals surface area contributed by atoms with E-state index in [2.05, 4.69) is 20.8 Å². The lowest BCUT2D eigenvalue weighted by Gasteiger charge is -2.25. The molecule has 0 fully saturated rings. The van der Waals surface area contributed by atoms with E-state index in [9.17, 15) is 27.6 Å². The Balaban J connectivity index is 1.72. The largest absolute Gasteiger partial charge is 0.389 e. The quantitative estimate of drug-likeness (QED) is 0.412. The second-order valence-electron chi connectivity index (χ2n) is 8.79. The van der Waals surface area contributed by atoms with Crippen LogP contribution in [-0.4, -0.2) is 40.9 Å². The monoisotopic (exact) mass is 527 g/mol. The van der Waals surface area contributed by atoms with Gasteiger partial charge in [0.25, 0.3) is 5.91 Å². The molecular weight excluding hydrogens is 503 g/mol. The van der Waals surface area contributed by atoms with E-state index in [1.165, 1.54) is 6.92 Å². The number of alkyl halides is 3. The van der Waals surface area contributed by atoms with E-state index in [0.717, 1.165) is 6.26 Å². The first-order valence-corrected chi connectivity index (χ1v) is 11.7. The van der Waals surface area contributed by atoms with E-state index in [0.29, 0.717) is 22.5 Å². The van der Waals surface area contributed by atoms with Crippen LogP contribution in [-0.2, 0) is 14.4 Å². The third kappa shape index (κ3) is 5.90. The molecule has 0 aliphatic carbocycles. The van der Waals surface area contributed by atoms with Crippen molar-refractivity contribution in [2.45, 2.75) is 38.0 Å². The summed E-state index contributed by atoms with van der Waals surface area (Å²) in [5.41, 5.74) is 7.90. The van der Waals surface area contributed by atoms with Crippen molar-refractivity contribution in [3.8, 4) is 0 Å². The molecule has 0 saturated carbocycles. The number of anilines is 1. The molecule has 1 aliphatic rings. The number of rotatable bonds is 8. The van der Waals surface area contributed by atoms with Gasteiger partial charge in [0.1, 0.15) is 6.26 Å². The number of hydrogen-bond acceptors (Lipinski definition) is 6. The van der Waals surface area contributed by atoms with Crippen LogP contribution >= 0.6 is 0 Å². The van der Waals surface area contributed by atoms with Crippen molar-refractivity contribution in [1.29, 1.82) is 0 Å². The van der Waals surface area contributed by atoms with Crippen molar-refractivity contribution in [1.82, 2.24) is 10.5 Å². The molecular formula is C26H24F3N5O4. The summed E-state index contributed by atoms with van der Waals surface area (Å²) in [5.74, 6) is -5.80. The van der Waals surface area contributed by atoms with Crippen LogP contribution < -0.4 is 16.4 Å². The SMILES string of the molecule is Cc1nocc1[C@H](C(N)=O)[C@@H](CCC(F)(F)F)C(=O)NC1N=C(c2ccccc2)c2ccccc2NC1=O. The molecule has 4 N–H and O–H groups in total. The number of carbonyl (C=O) groups excluding carboxylic acids is 3. The number of benzodiazepines with no additional fused rings is 1. The number of benzene rings is 2. The molecule has 1 unspecified atom stereocenters. The lowest BCUT2D eigenvalue weighted by atomic mass is 9.82. The van der Waals surface area contributed by atoms with Crippen LogP contribution in [0.25, 0.3) is 0 Å². The van der Waals surface area contributed by atoms with E-state index in [1.807, 2.05) is 0 Å². The van der Waals surface area contributed by atoms with Crippen molar-refractivity contribution in [3.05, 3.63) is 83.2 Å². The molecule has 9 nitrogen and oxygen atoms in total. The number of nitrogens with zero attached hydrogens (tertiary/aromatic N) is 2. The highest BCUT2D eigenvalue weighted by molar-refractivity contribution is 6.19. The Bertz CT molecular complexity index is 1370. The maximum Gasteiger partial charge on any atom is 0.389 e. The Morgan fingerprint density at radius 1 is 1.13 bits per heavy atom. The summed E-state index contributed by atoms with van der Waals surface area (Å²) in [6.45, 7) is 1.47. The fourth-order valence-corrected chi connectivity index (χ4v) is 4.36. The van der Waals surface area contributed by atoms with Gasteiger partial charge in [0.2, 0.25) is 18.0 Å². The fraction of sp³-hybridized carbons (Fsp3) is 0.269. The zero-order valence-corrected chi connectivity index (χ0v) is 20.2. The molecule has 2 aromatic carbocycles. The molecule has 2 heterocycles. The average molecular weight is 528 g/mol. The lowest BCUT2D eigenvalue weighted by molar-refractivity contribution is -0.144. The first-order valence-electron chi connectivity index (χ1n) is 11.7. The van der Waals surface area contributed by atoms with Gasteiger partial charge in [0, 0.05) is 23.1 Å². The smallest absolute Gasteiger partial charge is 0.369 e.